The van der Waals surface area contributed by atoms with E-state index in [1.807, 2.05) is 0 Å². The normalized spacial score (nSPS) is 11.5. The number of methoxy groups -OCH3 is 5. The molecule has 0 aliphatic carbocycles. The molecule has 10 nitrogen and oxygen atoms in total. The van der Waals surface area contributed by atoms with Crippen LogP contribution in [0, 0.1) is 22.5 Å². The zero-order valence-electron chi connectivity index (χ0n) is 27.4. The van der Waals surface area contributed by atoms with Gasteiger partial charge in [-0.25, -0.2) is 8.78 Å². The number of carbonyl (C=O) groups is 4. The number of aliphatic carboxylic acids is 1. The minimum absolute atomic E-state index is 0.00307. The Labute approximate surface area is 278 Å². The molecule has 0 radical (unpaired) electrons. The van der Waals surface area contributed by atoms with Crippen molar-refractivity contribution >= 4 is 66.4 Å². The average molecular weight is 695 g/mol. The Morgan fingerprint density at radius 2 is 1.04 bits per heavy atom. The van der Waals surface area contributed by atoms with Gasteiger partial charge in [-0.3, -0.25) is 19.2 Å². The average Bonchev–Trinajstić information content (AvgIpc) is 3.65. The zero-order valence-corrected chi connectivity index (χ0v) is 29.1. The molecule has 0 saturated carbocycles. The Kier molecular flexibility index (Phi) is 11.6. The summed E-state index contributed by atoms with van der Waals surface area (Å²) in [5, 5.41) is 9.66. The summed E-state index contributed by atoms with van der Waals surface area (Å²) in [7, 11) is 6.78. The van der Waals surface area contributed by atoms with Crippen LogP contribution in [0.2, 0.25) is 0 Å². The first-order valence-corrected chi connectivity index (χ1v) is 15.7. The molecule has 0 aliphatic rings. The lowest BCUT2D eigenvalue weighted by atomic mass is 9.87. The second-order valence-corrected chi connectivity index (χ2v) is 13.8. The zero-order chi connectivity index (χ0) is 35.4. The van der Waals surface area contributed by atoms with Crippen LogP contribution in [0.15, 0.2) is 24.3 Å². The van der Waals surface area contributed by atoms with Gasteiger partial charge in [0.2, 0.25) is 0 Å². The molecule has 47 heavy (non-hydrogen) atoms. The van der Waals surface area contributed by atoms with E-state index in [-0.39, 0.29) is 58.2 Å². The van der Waals surface area contributed by atoms with Crippen LogP contribution in [0.5, 0.6) is 23.0 Å². The van der Waals surface area contributed by atoms with Crippen molar-refractivity contribution in [2.24, 2.45) is 10.8 Å². The Bertz CT molecular complexity index is 1840. The summed E-state index contributed by atoms with van der Waals surface area (Å²) in [6.45, 7) is 6.23. The lowest BCUT2D eigenvalue weighted by Gasteiger charge is -2.19. The van der Waals surface area contributed by atoms with Crippen LogP contribution in [0.4, 0.5) is 8.78 Å². The number of ketones is 2. The van der Waals surface area contributed by atoms with Gasteiger partial charge in [-0.2, -0.15) is 0 Å². The molecular formula is C33H36F2O10S2. The quantitative estimate of drug-likeness (QED) is 0.117. The van der Waals surface area contributed by atoms with E-state index in [1.165, 1.54) is 61.5 Å². The fourth-order valence-corrected chi connectivity index (χ4v) is 6.61. The van der Waals surface area contributed by atoms with Crippen molar-refractivity contribution in [2.45, 2.75) is 40.5 Å². The topological polar surface area (TPSA) is 135 Å². The minimum atomic E-state index is -1.18. The van der Waals surface area contributed by atoms with E-state index in [2.05, 4.69) is 0 Å². The first-order valence-electron chi connectivity index (χ1n) is 14.0. The summed E-state index contributed by atoms with van der Waals surface area (Å²) in [4.78, 5) is 48.4. The fraction of sp³-hybridized carbons (Fsp3) is 0.394. The predicted octanol–water partition coefficient (Wildman–Crippen LogP) is 7.57. The summed E-state index contributed by atoms with van der Waals surface area (Å²) >= 11 is 2.25. The molecule has 0 fully saturated rings. The smallest absolute Gasteiger partial charge is 0.311 e. The van der Waals surface area contributed by atoms with E-state index in [0.29, 0.717) is 19.2 Å². The summed E-state index contributed by atoms with van der Waals surface area (Å²) in [5.41, 5.74) is -2.13. The molecule has 2 aromatic carbocycles. The third-order valence-electron chi connectivity index (χ3n) is 7.28. The second kappa shape index (κ2) is 14.6. The predicted molar refractivity (Wildman–Crippen MR) is 175 cm³/mol. The van der Waals surface area contributed by atoms with Crippen LogP contribution in [-0.4, -0.2) is 64.2 Å². The first kappa shape index (κ1) is 37.2. The maximum Gasteiger partial charge on any atom is 0.311 e. The van der Waals surface area contributed by atoms with E-state index < -0.39 is 34.4 Å². The summed E-state index contributed by atoms with van der Waals surface area (Å²) in [5.74, 6) is -2.81. The van der Waals surface area contributed by atoms with Crippen LogP contribution in [0.3, 0.4) is 0 Å². The number of ether oxygens (including phenoxy) is 5. The van der Waals surface area contributed by atoms with Gasteiger partial charge in [-0.05, 0) is 39.8 Å². The van der Waals surface area contributed by atoms with Crippen LogP contribution < -0.4 is 18.9 Å². The van der Waals surface area contributed by atoms with Gasteiger partial charge in [0.1, 0.15) is 0 Å². The van der Waals surface area contributed by atoms with Gasteiger partial charge in [-0.1, -0.05) is 0 Å². The molecule has 0 unspecified atom stereocenters. The van der Waals surface area contributed by atoms with Gasteiger partial charge in [0.05, 0.1) is 56.1 Å². The molecular weight excluding hydrogens is 658 g/mol. The molecule has 0 aliphatic heterocycles. The van der Waals surface area contributed by atoms with Gasteiger partial charge in [0.15, 0.2) is 46.2 Å². The lowest BCUT2D eigenvalue weighted by molar-refractivity contribution is -0.150. The number of halogens is 2. The number of hydrogen-bond acceptors (Lipinski definition) is 11. The summed E-state index contributed by atoms with van der Waals surface area (Å²) < 4.78 is 55.0. The fourth-order valence-electron chi connectivity index (χ4n) is 4.56. The monoisotopic (exact) mass is 694 g/mol. The third-order valence-corrected chi connectivity index (χ3v) is 9.53. The highest BCUT2D eigenvalue weighted by atomic mass is 32.1. The van der Waals surface area contributed by atoms with Gasteiger partial charge >= 0.3 is 11.9 Å². The maximum absolute atomic E-state index is 14.5. The van der Waals surface area contributed by atoms with Crippen molar-refractivity contribution in [3.8, 4) is 23.0 Å². The second-order valence-electron chi connectivity index (χ2n) is 11.7. The highest BCUT2D eigenvalue weighted by Gasteiger charge is 2.33. The molecule has 2 heterocycles. The number of Topliss-reactive ketones (excluding diaryl/α,β-unsaturated/α-hetero) is 2. The van der Waals surface area contributed by atoms with E-state index in [0.717, 1.165) is 22.7 Å². The standard InChI is InChI=1S/C17H19FO5S.C16H17FO5S/c1-17(2,16(20)23-5)8-10(19)13-6-9-12(24-13)7-11(21-3)15(22-4)14(9)18;1-16(2,15(19)20)7-9(18)12-5-8-11(23-12)6-10(21-3)14(22-4)13(8)17/h6-7H,8H2,1-5H3;5-6H,7H2,1-4H3,(H,19,20). The Morgan fingerprint density at radius 3 is 1.36 bits per heavy atom. The molecule has 0 spiro atoms. The largest absolute Gasteiger partial charge is 0.493 e. The SMILES string of the molecule is COC(=O)C(C)(C)CC(=O)c1cc2c(F)c(OC)c(OC)cc2s1.COc1cc2sc(C(=O)CC(C)(C)C(=O)O)cc2c(F)c1OC. The minimum Gasteiger partial charge on any atom is -0.493 e. The molecule has 14 heteroatoms. The number of rotatable bonds is 12. The van der Waals surface area contributed by atoms with Gasteiger partial charge in [-0.15, -0.1) is 22.7 Å². The van der Waals surface area contributed by atoms with Crippen LogP contribution in [-0.2, 0) is 14.3 Å². The summed E-state index contributed by atoms with van der Waals surface area (Å²) in [6.07, 6.45) is -0.187. The van der Waals surface area contributed by atoms with E-state index in [1.54, 1.807) is 26.0 Å². The van der Waals surface area contributed by atoms with Crippen molar-refractivity contribution in [2.75, 3.05) is 35.5 Å². The van der Waals surface area contributed by atoms with Crippen molar-refractivity contribution in [3.05, 3.63) is 45.7 Å². The number of carboxylic acid groups (broad SMARTS) is 1. The van der Waals surface area contributed by atoms with Crippen LogP contribution in [0.25, 0.3) is 20.2 Å². The number of hydrogen-bond donors (Lipinski definition) is 1. The van der Waals surface area contributed by atoms with Gasteiger partial charge < -0.3 is 28.8 Å². The maximum atomic E-state index is 14.5. The highest BCUT2D eigenvalue weighted by molar-refractivity contribution is 7.21. The number of carboxylic acids is 1. The van der Waals surface area contributed by atoms with Crippen molar-refractivity contribution in [1.82, 2.24) is 0 Å². The molecule has 4 aromatic rings. The van der Waals surface area contributed by atoms with Gasteiger partial charge in [0, 0.05) is 45.1 Å². The molecule has 0 atom stereocenters. The molecule has 0 saturated heterocycles. The number of carbonyl (C=O) groups excluding carboxylic acids is 3. The molecule has 0 bridgehead atoms. The van der Waals surface area contributed by atoms with E-state index in [9.17, 15) is 28.0 Å². The van der Waals surface area contributed by atoms with Crippen LogP contribution >= 0.6 is 22.7 Å². The van der Waals surface area contributed by atoms with Crippen molar-refractivity contribution < 1.29 is 56.7 Å². The lowest BCUT2D eigenvalue weighted by Crippen LogP contribution is -2.28. The van der Waals surface area contributed by atoms with E-state index >= 15 is 0 Å². The molecule has 4 rings (SSSR count). The number of fused-ring (bicyclic) bond motifs is 2. The number of thiophene rings is 2. The molecule has 2 aromatic heterocycles. The van der Waals surface area contributed by atoms with E-state index in [4.69, 9.17) is 28.8 Å². The molecule has 1 N–H and O–H groups in total. The number of esters is 1. The summed E-state index contributed by atoms with van der Waals surface area (Å²) in [6, 6.07) is 6.13. The molecule has 254 valence electrons. The number of benzene rings is 2. The first-order chi connectivity index (χ1) is 22.0. The van der Waals surface area contributed by atoms with Crippen molar-refractivity contribution in [3.63, 3.8) is 0 Å². The Balaban J connectivity index is 0.000000256. The van der Waals surface area contributed by atoms with Crippen LogP contribution in [0.1, 0.15) is 59.9 Å². The third kappa shape index (κ3) is 7.82. The Hall–Kier alpha value is -4.30. The van der Waals surface area contributed by atoms with Crippen molar-refractivity contribution in [1.29, 1.82) is 0 Å². The molecule has 0 amide bonds. The van der Waals surface area contributed by atoms with Gasteiger partial charge in [0.25, 0.3) is 0 Å². The highest BCUT2D eigenvalue weighted by Crippen LogP contribution is 2.42. The Morgan fingerprint density at radius 1 is 0.660 bits per heavy atom.